The molecule has 0 saturated carbocycles. The molecule has 4 nitrogen and oxygen atoms in total. The van der Waals surface area contributed by atoms with Crippen LogP contribution in [0, 0.1) is 13.8 Å². The van der Waals surface area contributed by atoms with Gasteiger partial charge >= 0.3 is 6.03 Å². The molecule has 0 unspecified atom stereocenters. The van der Waals surface area contributed by atoms with Crippen LogP contribution in [0.1, 0.15) is 18.1 Å². The average molecular weight is 282 g/mol. The summed E-state index contributed by atoms with van der Waals surface area (Å²) in [6.07, 6.45) is 1.92. The predicted octanol–water partition coefficient (Wildman–Crippen LogP) is 2.54. The lowest BCUT2D eigenvalue weighted by Crippen LogP contribution is -2.43. The van der Waals surface area contributed by atoms with Crippen molar-refractivity contribution in [2.24, 2.45) is 0 Å². The zero-order valence-electron chi connectivity index (χ0n) is 11.9. The molecule has 1 rings (SSSR count). The molecule has 1 aromatic rings. The number of nitrogens with one attached hydrogen (secondary N) is 2. The van der Waals surface area contributed by atoms with Crippen LogP contribution >= 0.6 is 11.8 Å². The Balaban J connectivity index is 2.51. The molecule has 1 aromatic carbocycles. The molecule has 0 heterocycles. The monoisotopic (exact) mass is 282 g/mol. The highest BCUT2D eigenvalue weighted by Gasteiger charge is 2.20. The Bertz CT molecular complexity index is 427. The minimum Gasteiger partial charge on any atom is -0.387 e. The largest absolute Gasteiger partial charge is 0.387 e. The van der Waals surface area contributed by atoms with Crippen LogP contribution in [0.4, 0.5) is 10.5 Å². The fourth-order valence-electron chi connectivity index (χ4n) is 1.85. The van der Waals surface area contributed by atoms with Gasteiger partial charge in [-0.05, 0) is 50.3 Å². The van der Waals surface area contributed by atoms with Gasteiger partial charge in [-0.1, -0.05) is 6.07 Å². The van der Waals surface area contributed by atoms with Gasteiger partial charge < -0.3 is 15.7 Å². The van der Waals surface area contributed by atoms with E-state index in [-0.39, 0.29) is 12.6 Å². The Morgan fingerprint density at radius 2 is 1.89 bits per heavy atom. The average Bonchev–Trinajstić information content (AvgIpc) is 2.25. The lowest BCUT2D eigenvalue weighted by molar-refractivity contribution is 0.0876. The van der Waals surface area contributed by atoms with Crippen LogP contribution in [0.3, 0.4) is 0 Å². The van der Waals surface area contributed by atoms with Crippen LogP contribution in [0.2, 0.25) is 0 Å². The van der Waals surface area contributed by atoms with E-state index < -0.39 is 5.60 Å². The number of urea groups is 1. The highest BCUT2D eigenvalue weighted by molar-refractivity contribution is 7.98. The number of aryl methyl sites for hydroxylation is 2. The van der Waals surface area contributed by atoms with E-state index in [1.54, 1.807) is 18.7 Å². The van der Waals surface area contributed by atoms with Gasteiger partial charge in [0, 0.05) is 18.0 Å². The van der Waals surface area contributed by atoms with Crippen molar-refractivity contribution in [3.63, 3.8) is 0 Å². The van der Waals surface area contributed by atoms with Crippen LogP contribution in [-0.4, -0.2) is 35.3 Å². The van der Waals surface area contributed by atoms with Crippen molar-refractivity contribution in [1.29, 1.82) is 0 Å². The van der Waals surface area contributed by atoms with E-state index in [2.05, 4.69) is 10.6 Å². The van der Waals surface area contributed by atoms with Gasteiger partial charge in [-0.15, -0.1) is 0 Å². The Hall–Kier alpha value is -1.20. The predicted molar refractivity (Wildman–Crippen MR) is 81.9 cm³/mol. The van der Waals surface area contributed by atoms with Gasteiger partial charge in [0.05, 0.1) is 5.60 Å². The van der Waals surface area contributed by atoms with E-state index in [0.717, 1.165) is 16.8 Å². The first-order valence-electron chi connectivity index (χ1n) is 6.17. The summed E-state index contributed by atoms with van der Waals surface area (Å²) < 4.78 is 0. The van der Waals surface area contributed by atoms with E-state index in [1.165, 1.54) is 0 Å². The van der Waals surface area contributed by atoms with E-state index in [4.69, 9.17) is 0 Å². The highest BCUT2D eigenvalue weighted by atomic mass is 32.2. The molecule has 19 heavy (non-hydrogen) atoms. The molecular formula is C14H22N2O2S. The van der Waals surface area contributed by atoms with Crippen LogP contribution in [-0.2, 0) is 0 Å². The SMILES string of the molecule is CSC[C@@](C)(O)CNC(=O)Nc1cc(C)cc(C)c1. The number of amides is 2. The molecule has 0 saturated heterocycles. The number of aliphatic hydroxyl groups is 1. The number of hydrogen-bond acceptors (Lipinski definition) is 3. The summed E-state index contributed by atoms with van der Waals surface area (Å²) in [4.78, 5) is 11.7. The van der Waals surface area contributed by atoms with Gasteiger partial charge in [-0.3, -0.25) is 0 Å². The Morgan fingerprint density at radius 3 is 2.42 bits per heavy atom. The van der Waals surface area contributed by atoms with Gasteiger partial charge in [0.1, 0.15) is 0 Å². The summed E-state index contributed by atoms with van der Waals surface area (Å²) in [7, 11) is 0. The lowest BCUT2D eigenvalue weighted by Gasteiger charge is -2.22. The molecule has 0 bridgehead atoms. The standard InChI is InChI=1S/C14H22N2O2S/c1-10-5-11(2)7-12(6-10)16-13(17)15-8-14(3,18)9-19-4/h5-7,18H,8-9H2,1-4H3,(H2,15,16,17)/t14-/m0/s1. The topological polar surface area (TPSA) is 61.4 Å². The molecule has 0 spiro atoms. The van der Waals surface area contributed by atoms with Gasteiger partial charge in [0.2, 0.25) is 0 Å². The molecule has 1 atom stereocenters. The fourth-order valence-corrected chi connectivity index (χ4v) is 2.58. The maximum absolute atomic E-state index is 11.7. The van der Waals surface area contributed by atoms with Crippen molar-refractivity contribution < 1.29 is 9.90 Å². The second-order valence-corrected chi connectivity index (χ2v) is 5.98. The molecule has 0 aliphatic rings. The van der Waals surface area contributed by atoms with Crippen molar-refractivity contribution >= 4 is 23.5 Å². The van der Waals surface area contributed by atoms with Crippen LogP contribution < -0.4 is 10.6 Å². The minimum absolute atomic E-state index is 0.227. The van der Waals surface area contributed by atoms with Crippen LogP contribution in [0.25, 0.3) is 0 Å². The highest BCUT2D eigenvalue weighted by Crippen LogP contribution is 2.14. The third kappa shape index (κ3) is 5.98. The number of carbonyl (C=O) groups excluding carboxylic acids is 1. The molecule has 0 aliphatic carbocycles. The molecule has 0 fully saturated rings. The number of rotatable bonds is 5. The molecule has 106 valence electrons. The van der Waals surface area contributed by atoms with Gasteiger partial charge in [0.15, 0.2) is 0 Å². The molecule has 3 N–H and O–H groups in total. The molecule has 2 amide bonds. The second-order valence-electron chi connectivity index (χ2n) is 5.11. The first-order chi connectivity index (χ1) is 8.82. The van der Waals surface area contributed by atoms with E-state index in [0.29, 0.717) is 5.75 Å². The lowest BCUT2D eigenvalue weighted by atomic mass is 10.1. The summed E-state index contributed by atoms with van der Waals surface area (Å²) in [5.41, 5.74) is 2.08. The normalized spacial score (nSPS) is 13.7. The summed E-state index contributed by atoms with van der Waals surface area (Å²) in [5.74, 6) is 0.580. The molecule has 0 aromatic heterocycles. The zero-order chi connectivity index (χ0) is 14.5. The van der Waals surface area contributed by atoms with Crippen molar-refractivity contribution in [3.8, 4) is 0 Å². The summed E-state index contributed by atoms with van der Waals surface area (Å²) in [5, 5.41) is 15.4. The molecule has 0 radical (unpaired) electrons. The maximum Gasteiger partial charge on any atom is 0.319 e. The zero-order valence-corrected chi connectivity index (χ0v) is 12.7. The third-order valence-electron chi connectivity index (χ3n) is 2.56. The molecule has 0 aliphatic heterocycles. The van der Waals surface area contributed by atoms with Gasteiger partial charge in [-0.25, -0.2) is 4.79 Å². The Labute approximate surface area is 119 Å². The number of hydrogen-bond donors (Lipinski definition) is 3. The maximum atomic E-state index is 11.7. The van der Waals surface area contributed by atoms with E-state index in [9.17, 15) is 9.90 Å². The van der Waals surface area contributed by atoms with Crippen LogP contribution in [0.5, 0.6) is 0 Å². The number of benzene rings is 1. The van der Waals surface area contributed by atoms with Crippen molar-refractivity contribution in [2.75, 3.05) is 23.9 Å². The summed E-state index contributed by atoms with van der Waals surface area (Å²) in [6.45, 7) is 5.91. The molecule has 5 heteroatoms. The third-order valence-corrected chi connectivity index (χ3v) is 3.48. The van der Waals surface area contributed by atoms with E-state index in [1.807, 2.05) is 38.3 Å². The number of carbonyl (C=O) groups is 1. The Kier molecular flexibility index (Phi) is 5.69. The first kappa shape index (κ1) is 15.9. The van der Waals surface area contributed by atoms with Crippen LogP contribution in [0.15, 0.2) is 18.2 Å². The fraction of sp³-hybridized carbons (Fsp3) is 0.500. The number of anilines is 1. The van der Waals surface area contributed by atoms with Crippen molar-refractivity contribution in [1.82, 2.24) is 5.32 Å². The molecular weight excluding hydrogens is 260 g/mol. The summed E-state index contributed by atoms with van der Waals surface area (Å²) >= 11 is 1.55. The van der Waals surface area contributed by atoms with Crippen molar-refractivity contribution in [3.05, 3.63) is 29.3 Å². The van der Waals surface area contributed by atoms with Gasteiger partial charge in [-0.2, -0.15) is 11.8 Å². The number of thioether (sulfide) groups is 1. The minimum atomic E-state index is -0.890. The summed E-state index contributed by atoms with van der Waals surface area (Å²) in [6, 6.07) is 5.57. The van der Waals surface area contributed by atoms with Gasteiger partial charge in [0.25, 0.3) is 0 Å². The van der Waals surface area contributed by atoms with E-state index >= 15 is 0 Å². The quantitative estimate of drug-likeness (QED) is 0.778. The second kappa shape index (κ2) is 6.82. The first-order valence-corrected chi connectivity index (χ1v) is 7.56. The van der Waals surface area contributed by atoms with Crippen molar-refractivity contribution in [2.45, 2.75) is 26.4 Å². The smallest absolute Gasteiger partial charge is 0.319 e. The Morgan fingerprint density at radius 1 is 1.32 bits per heavy atom.